The average Bonchev–Trinajstić information content (AvgIpc) is 2.22. The summed E-state index contributed by atoms with van der Waals surface area (Å²) in [6.45, 7) is 3.49. The van der Waals surface area contributed by atoms with Gasteiger partial charge >= 0.3 is 5.97 Å². The topological polar surface area (TPSA) is 98.5 Å². The maximum atomic E-state index is 11.7. The standard InChI is InChI=1S/C11H16N2O4S/c1-3-17-11(14)7-18(15,16)13-10-6-9(12)5-4-8(10)2/h4-6,13H,3,7,12H2,1-2H3. The first-order valence-corrected chi connectivity index (χ1v) is 7.01. The van der Waals surface area contributed by atoms with E-state index in [1.165, 1.54) is 6.07 Å². The summed E-state index contributed by atoms with van der Waals surface area (Å²) in [5.41, 5.74) is 7.09. The quantitative estimate of drug-likeness (QED) is 0.612. The van der Waals surface area contributed by atoms with Crippen LogP contribution in [0.4, 0.5) is 11.4 Å². The SMILES string of the molecule is CCOC(=O)CS(=O)(=O)Nc1cc(N)ccc1C. The number of sulfonamides is 1. The summed E-state index contributed by atoms with van der Waals surface area (Å²) in [4.78, 5) is 11.1. The van der Waals surface area contributed by atoms with Gasteiger partial charge in [-0.15, -0.1) is 0 Å². The number of anilines is 2. The molecule has 0 saturated heterocycles. The predicted octanol–water partition coefficient (Wildman–Crippen LogP) is 0.882. The van der Waals surface area contributed by atoms with Gasteiger partial charge in [0.1, 0.15) is 0 Å². The van der Waals surface area contributed by atoms with Crippen LogP contribution in [0.5, 0.6) is 0 Å². The summed E-state index contributed by atoms with van der Waals surface area (Å²) in [6.07, 6.45) is 0. The number of hydrogen-bond acceptors (Lipinski definition) is 5. The molecule has 0 aliphatic carbocycles. The Balaban J connectivity index is 2.82. The highest BCUT2D eigenvalue weighted by molar-refractivity contribution is 7.93. The third kappa shape index (κ3) is 4.25. The van der Waals surface area contributed by atoms with Gasteiger partial charge in [-0.2, -0.15) is 0 Å². The summed E-state index contributed by atoms with van der Waals surface area (Å²) in [5, 5.41) is 0. The number of aryl methyl sites for hydroxylation is 1. The molecule has 0 aliphatic heterocycles. The molecular formula is C11H16N2O4S. The van der Waals surface area contributed by atoms with E-state index in [0.717, 1.165) is 5.56 Å². The molecule has 0 spiro atoms. The van der Waals surface area contributed by atoms with Crippen molar-refractivity contribution in [1.82, 2.24) is 0 Å². The van der Waals surface area contributed by atoms with Crippen LogP contribution in [0, 0.1) is 6.92 Å². The zero-order valence-corrected chi connectivity index (χ0v) is 11.1. The fraction of sp³-hybridized carbons (Fsp3) is 0.364. The molecule has 1 aromatic rings. The van der Waals surface area contributed by atoms with Crippen LogP contribution in [-0.2, 0) is 19.6 Å². The van der Waals surface area contributed by atoms with E-state index in [2.05, 4.69) is 9.46 Å². The zero-order valence-electron chi connectivity index (χ0n) is 10.3. The van der Waals surface area contributed by atoms with Crippen molar-refractivity contribution in [3.8, 4) is 0 Å². The molecule has 0 bridgehead atoms. The lowest BCUT2D eigenvalue weighted by atomic mass is 10.2. The van der Waals surface area contributed by atoms with E-state index in [1.807, 2.05) is 0 Å². The Morgan fingerprint density at radius 1 is 1.44 bits per heavy atom. The fourth-order valence-electron chi connectivity index (χ4n) is 1.31. The first-order valence-electron chi connectivity index (χ1n) is 5.36. The summed E-state index contributed by atoms with van der Waals surface area (Å²) in [5.74, 6) is -1.50. The number of ether oxygens (including phenoxy) is 1. The maximum absolute atomic E-state index is 11.7. The third-order valence-corrected chi connectivity index (χ3v) is 3.29. The second-order valence-corrected chi connectivity index (χ2v) is 5.46. The van der Waals surface area contributed by atoms with Gasteiger partial charge in [0.15, 0.2) is 5.75 Å². The van der Waals surface area contributed by atoms with Gasteiger partial charge in [0.25, 0.3) is 0 Å². The predicted molar refractivity (Wildman–Crippen MR) is 69.6 cm³/mol. The van der Waals surface area contributed by atoms with Crippen molar-refractivity contribution in [2.75, 3.05) is 22.8 Å². The molecule has 0 aromatic heterocycles. The molecule has 3 N–H and O–H groups in total. The molecule has 100 valence electrons. The Kier molecular flexibility index (Phi) is 4.55. The molecule has 18 heavy (non-hydrogen) atoms. The Morgan fingerprint density at radius 3 is 2.72 bits per heavy atom. The number of benzene rings is 1. The minimum absolute atomic E-state index is 0.145. The van der Waals surface area contributed by atoms with Crippen molar-refractivity contribution < 1.29 is 17.9 Å². The minimum atomic E-state index is -3.78. The van der Waals surface area contributed by atoms with Crippen LogP contribution in [-0.4, -0.2) is 26.7 Å². The van der Waals surface area contributed by atoms with Gasteiger partial charge in [-0.05, 0) is 31.5 Å². The molecule has 0 aliphatic rings. The summed E-state index contributed by atoms with van der Waals surface area (Å²) < 4.78 is 30.3. The van der Waals surface area contributed by atoms with Crippen molar-refractivity contribution in [2.45, 2.75) is 13.8 Å². The highest BCUT2D eigenvalue weighted by Gasteiger charge is 2.18. The number of rotatable bonds is 5. The number of nitrogen functional groups attached to an aromatic ring is 1. The Morgan fingerprint density at radius 2 is 2.11 bits per heavy atom. The van der Waals surface area contributed by atoms with Crippen molar-refractivity contribution in [1.29, 1.82) is 0 Å². The van der Waals surface area contributed by atoms with Crippen LogP contribution in [0.1, 0.15) is 12.5 Å². The Bertz CT molecular complexity index is 540. The lowest BCUT2D eigenvalue weighted by Gasteiger charge is -2.10. The fourth-order valence-corrected chi connectivity index (χ4v) is 2.33. The summed E-state index contributed by atoms with van der Waals surface area (Å²) in [6, 6.07) is 4.86. The molecule has 1 aromatic carbocycles. The second-order valence-electron chi connectivity index (χ2n) is 3.74. The summed E-state index contributed by atoms with van der Waals surface area (Å²) >= 11 is 0. The Labute approximate surface area is 106 Å². The molecule has 0 atom stereocenters. The number of hydrogen-bond donors (Lipinski definition) is 2. The molecule has 0 amide bonds. The van der Waals surface area contributed by atoms with Crippen LogP contribution in [0.15, 0.2) is 18.2 Å². The minimum Gasteiger partial charge on any atom is -0.465 e. The van der Waals surface area contributed by atoms with Gasteiger partial charge in [0.2, 0.25) is 10.0 Å². The van der Waals surface area contributed by atoms with Gasteiger partial charge in [-0.3, -0.25) is 9.52 Å². The Hall–Kier alpha value is -1.76. The van der Waals surface area contributed by atoms with E-state index in [0.29, 0.717) is 11.4 Å². The number of nitrogens with one attached hydrogen (secondary N) is 1. The smallest absolute Gasteiger partial charge is 0.323 e. The van der Waals surface area contributed by atoms with E-state index < -0.39 is 21.7 Å². The highest BCUT2D eigenvalue weighted by Crippen LogP contribution is 2.19. The lowest BCUT2D eigenvalue weighted by Crippen LogP contribution is -2.24. The molecule has 6 nitrogen and oxygen atoms in total. The van der Waals surface area contributed by atoms with Gasteiger partial charge in [-0.1, -0.05) is 6.07 Å². The van der Waals surface area contributed by atoms with Crippen LogP contribution in [0.2, 0.25) is 0 Å². The molecule has 1 rings (SSSR count). The molecule has 0 radical (unpaired) electrons. The first kappa shape index (κ1) is 14.3. The van der Waals surface area contributed by atoms with Gasteiger partial charge in [0.05, 0.1) is 12.3 Å². The van der Waals surface area contributed by atoms with Crippen LogP contribution < -0.4 is 10.5 Å². The number of nitrogens with two attached hydrogens (primary N) is 1. The van der Waals surface area contributed by atoms with Crippen molar-refractivity contribution >= 4 is 27.4 Å². The van der Waals surface area contributed by atoms with Crippen molar-refractivity contribution in [3.63, 3.8) is 0 Å². The molecule has 7 heteroatoms. The van der Waals surface area contributed by atoms with Gasteiger partial charge < -0.3 is 10.5 Å². The van der Waals surface area contributed by atoms with E-state index >= 15 is 0 Å². The maximum Gasteiger partial charge on any atom is 0.323 e. The molecule has 0 fully saturated rings. The van der Waals surface area contributed by atoms with E-state index in [-0.39, 0.29) is 6.61 Å². The zero-order chi connectivity index (χ0) is 13.8. The first-order chi connectivity index (χ1) is 8.34. The van der Waals surface area contributed by atoms with Crippen molar-refractivity contribution in [3.05, 3.63) is 23.8 Å². The molecule has 0 unspecified atom stereocenters. The summed E-state index contributed by atoms with van der Waals surface area (Å²) in [7, 11) is -3.78. The number of carbonyl (C=O) groups is 1. The molecular weight excluding hydrogens is 256 g/mol. The van der Waals surface area contributed by atoms with Crippen LogP contribution in [0.3, 0.4) is 0 Å². The molecule has 0 saturated carbocycles. The lowest BCUT2D eigenvalue weighted by molar-refractivity contribution is -0.139. The highest BCUT2D eigenvalue weighted by atomic mass is 32.2. The second kappa shape index (κ2) is 5.72. The van der Waals surface area contributed by atoms with Crippen molar-refractivity contribution in [2.24, 2.45) is 0 Å². The van der Waals surface area contributed by atoms with Gasteiger partial charge in [0, 0.05) is 5.69 Å². The average molecular weight is 272 g/mol. The monoisotopic (exact) mass is 272 g/mol. The third-order valence-electron chi connectivity index (χ3n) is 2.14. The largest absolute Gasteiger partial charge is 0.465 e. The molecule has 0 heterocycles. The van der Waals surface area contributed by atoms with E-state index in [9.17, 15) is 13.2 Å². The number of carbonyl (C=O) groups excluding carboxylic acids is 1. The van der Waals surface area contributed by atoms with E-state index in [1.54, 1.807) is 26.0 Å². The van der Waals surface area contributed by atoms with Gasteiger partial charge in [-0.25, -0.2) is 8.42 Å². The van der Waals surface area contributed by atoms with Crippen LogP contribution >= 0.6 is 0 Å². The van der Waals surface area contributed by atoms with E-state index in [4.69, 9.17) is 5.73 Å². The van der Waals surface area contributed by atoms with Crippen LogP contribution in [0.25, 0.3) is 0 Å². The number of esters is 1. The normalized spacial score (nSPS) is 11.0.